The number of aliphatic hydroxyl groups excluding tert-OH is 1. The van der Waals surface area contributed by atoms with Crippen molar-refractivity contribution in [3.8, 4) is 0 Å². The second kappa shape index (κ2) is 7.06. The summed E-state index contributed by atoms with van der Waals surface area (Å²) < 4.78 is 26.3. The zero-order chi connectivity index (χ0) is 14.4. The van der Waals surface area contributed by atoms with E-state index in [0.29, 0.717) is 6.07 Å². The standard InChI is InChI=1S/C12H13ClF2N2O2/c1-2-3-17(4-5-18)12(19)16-11-9(13)6-8(14)7-10(11)15/h2,6-7,18H,1,3-5H2,(H,16,19). The molecule has 0 aliphatic heterocycles. The van der Waals surface area contributed by atoms with E-state index in [2.05, 4.69) is 11.9 Å². The molecule has 1 rings (SSSR count). The molecular weight excluding hydrogens is 278 g/mol. The van der Waals surface area contributed by atoms with Crippen LogP contribution in [0.25, 0.3) is 0 Å². The number of aliphatic hydroxyl groups is 1. The molecule has 0 unspecified atom stereocenters. The third-order valence-corrected chi connectivity index (χ3v) is 2.54. The minimum atomic E-state index is -0.971. The maximum Gasteiger partial charge on any atom is 0.322 e. The summed E-state index contributed by atoms with van der Waals surface area (Å²) in [5.41, 5.74) is -0.305. The molecule has 7 heteroatoms. The van der Waals surface area contributed by atoms with Gasteiger partial charge in [-0.25, -0.2) is 13.6 Å². The Morgan fingerprint density at radius 1 is 1.53 bits per heavy atom. The minimum absolute atomic E-state index is 0.0539. The first-order valence-corrected chi connectivity index (χ1v) is 5.79. The molecule has 1 aromatic carbocycles. The highest BCUT2D eigenvalue weighted by atomic mass is 35.5. The first-order chi connectivity index (χ1) is 8.99. The van der Waals surface area contributed by atoms with Crippen molar-refractivity contribution in [1.29, 1.82) is 0 Å². The summed E-state index contributed by atoms with van der Waals surface area (Å²) in [4.78, 5) is 13.0. The molecule has 0 fully saturated rings. The molecule has 0 heterocycles. The second-order valence-corrected chi connectivity index (χ2v) is 4.04. The van der Waals surface area contributed by atoms with Crippen LogP contribution in [0.4, 0.5) is 19.3 Å². The van der Waals surface area contributed by atoms with Crippen molar-refractivity contribution < 1.29 is 18.7 Å². The van der Waals surface area contributed by atoms with E-state index in [0.717, 1.165) is 6.07 Å². The summed E-state index contributed by atoms with van der Waals surface area (Å²) in [5.74, 6) is -1.81. The van der Waals surface area contributed by atoms with Crippen molar-refractivity contribution in [2.45, 2.75) is 0 Å². The Balaban J connectivity index is 2.89. The highest BCUT2D eigenvalue weighted by Crippen LogP contribution is 2.26. The van der Waals surface area contributed by atoms with Gasteiger partial charge in [0, 0.05) is 19.2 Å². The van der Waals surface area contributed by atoms with Gasteiger partial charge in [-0.3, -0.25) is 0 Å². The van der Waals surface area contributed by atoms with Crippen LogP contribution in [-0.4, -0.2) is 35.7 Å². The third-order valence-electron chi connectivity index (χ3n) is 2.25. The van der Waals surface area contributed by atoms with Crippen molar-refractivity contribution in [3.63, 3.8) is 0 Å². The summed E-state index contributed by atoms with van der Waals surface area (Å²) in [5, 5.41) is 10.8. The maximum atomic E-state index is 13.5. The summed E-state index contributed by atoms with van der Waals surface area (Å²) in [6.07, 6.45) is 1.46. The topological polar surface area (TPSA) is 52.6 Å². The average Bonchev–Trinajstić information content (AvgIpc) is 2.33. The Kier molecular flexibility index (Phi) is 5.72. The highest BCUT2D eigenvalue weighted by Gasteiger charge is 2.16. The van der Waals surface area contributed by atoms with E-state index in [4.69, 9.17) is 16.7 Å². The number of hydrogen-bond donors (Lipinski definition) is 2. The van der Waals surface area contributed by atoms with Gasteiger partial charge in [0.05, 0.1) is 17.3 Å². The number of carbonyl (C=O) groups excluding carboxylic acids is 1. The van der Waals surface area contributed by atoms with Gasteiger partial charge in [-0.1, -0.05) is 17.7 Å². The van der Waals surface area contributed by atoms with E-state index in [1.54, 1.807) is 0 Å². The molecule has 0 spiro atoms. The minimum Gasteiger partial charge on any atom is -0.395 e. The highest BCUT2D eigenvalue weighted by molar-refractivity contribution is 6.33. The molecule has 0 aliphatic rings. The summed E-state index contributed by atoms with van der Waals surface area (Å²) in [7, 11) is 0. The van der Waals surface area contributed by atoms with Crippen LogP contribution in [0.3, 0.4) is 0 Å². The van der Waals surface area contributed by atoms with Crippen LogP contribution in [0.5, 0.6) is 0 Å². The van der Waals surface area contributed by atoms with Gasteiger partial charge in [0.15, 0.2) is 5.82 Å². The van der Waals surface area contributed by atoms with E-state index < -0.39 is 17.7 Å². The Morgan fingerprint density at radius 3 is 2.74 bits per heavy atom. The molecule has 0 aliphatic carbocycles. The molecule has 2 amide bonds. The normalized spacial score (nSPS) is 10.1. The maximum absolute atomic E-state index is 13.5. The quantitative estimate of drug-likeness (QED) is 0.819. The van der Waals surface area contributed by atoms with Crippen molar-refractivity contribution in [2.75, 3.05) is 25.0 Å². The van der Waals surface area contributed by atoms with E-state index in [9.17, 15) is 13.6 Å². The van der Waals surface area contributed by atoms with Gasteiger partial charge in [-0.2, -0.15) is 0 Å². The van der Waals surface area contributed by atoms with Crippen molar-refractivity contribution >= 4 is 23.3 Å². The number of benzene rings is 1. The molecule has 0 saturated heterocycles. The lowest BCUT2D eigenvalue weighted by Crippen LogP contribution is -2.37. The van der Waals surface area contributed by atoms with E-state index in [1.165, 1.54) is 11.0 Å². The smallest absolute Gasteiger partial charge is 0.322 e. The number of hydrogen-bond acceptors (Lipinski definition) is 2. The molecule has 0 radical (unpaired) electrons. The Hall–Kier alpha value is -1.66. The van der Waals surface area contributed by atoms with Crippen LogP contribution >= 0.6 is 11.6 Å². The number of nitrogens with one attached hydrogen (secondary N) is 1. The molecule has 0 aromatic heterocycles. The largest absolute Gasteiger partial charge is 0.395 e. The monoisotopic (exact) mass is 290 g/mol. The molecule has 0 saturated carbocycles. The summed E-state index contributed by atoms with van der Waals surface area (Å²) >= 11 is 5.65. The fraction of sp³-hybridized carbons (Fsp3) is 0.250. The van der Waals surface area contributed by atoms with Gasteiger partial charge >= 0.3 is 6.03 Å². The Morgan fingerprint density at radius 2 is 2.21 bits per heavy atom. The van der Waals surface area contributed by atoms with Crippen LogP contribution in [0.15, 0.2) is 24.8 Å². The molecule has 104 valence electrons. The summed E-state index contributed by atoms with van der Waals surface area (Å²) in [6, 6.07) is 0.844. The van der Waals surface area contributed by atoms with Crippen LogP contribution in [0.1, 0.15) is 0 Å². The van der Waals surface area contributed by atoms with Gasteiger partial charge in [0.2, 0.25) is 0 Å². The van der Waals surface area contributed by atoms with Crippen LogP contribution in [0, 0.1) is 11.6 Å². The van der Waals surface area contributed by atoms with Gasteiger partial charge in [0.1, 0.15) is 5.82 Å². The van der Waals surface area contributed by atoms with Crippen molar-refractivity contribution in [2.24, 2.45) is 0 Å². The van der Waals surface area contributed by atoms with Gasteiger partial charge in [-0.05, 0) is 6.07 Å². The number of nitrogens with zero attached hydrogens (tertiary/aromatic N) is 1. The van der Waals surface area contributed by atoms with Gasteiger partial charge in [-0.15, -0.1) is 6.58 Å². The Labute approximate surface area is 114 Å². The first kappa shape index (κ1) is 15.4. The van der Waals surface area contributed by atoms with Crippen molar-refractivity contribution in [1.82, 2.24) is 4.90 Å². The van der Waals surface area contributed by atoms with E-state index >= 15 is 0 Å². The van der Waals surface area contributed by atoms with E-state index in [1.807, 2.05) is 0 Å². The molecular formula is C12H13ClF2N2O2. The molecule has 2 N–H and O–H groups in total. The van der Waals surface area contributed by atoms with Crippen LogP contribution in [-0.2, 0) is 0 Å². The lowest BCUT2D eigenvalue weighted by atomic mass is 10.3. The van der Waals surface area contributed by atoms with Crippen molar-refractivity contribution in [3.05, 3.63) is 41.4 Å². The number of urea groups is 1. The molecule has 1 aromatic rings. The fourth-order valence-electron chi connectivity index (χ4n) is 1.40. The Bertz CT molecular complexity index is 460. The molecule has 19 heavy (non-hydrogen) atoms. The zero-order valence-corrected chi connectivity index (χ0v) is 10.8. The SMILES string of the molecule is C=CCN(CCO)C(=O)Nc1c(F)cc(F)cc1Cl. The molecule has 0 bridgehead atoms. The first-order valence-electron chi connectivity index (χ1n) is 5.41. The number of rotatable bonds is 5. The van der Waals surface area contributed by atoms with Crippen LogP contribution < -0.4 is 5.32 Å². The fourth-order valence-corrected chi connectivity index (χ4v) is 1.64. The number of halogens is 3. The number of amides is 2. The molecule has 4 nitrogen and oxygen atoms in total. The van der Waals surface area contributed by atoms with E-state index in [-0.39, 0.29) is 30.4 Å². The lowest BCUT2D eigenvalue weighted by Gasteiger charge is -2.21. The zero-order valence-electron chi connectivity index (χ0n) is 10.00. The lowest BCUT2D eigenvalue weighted by molar-refractivity contribution is 0.195. The van der Waals surface area contributed by atoms with Gasteiger partial charge < -0.3 is 15.3 Å². The predicted molar refractivity (Wildman–Crippen MR) is 69.2 cm³/mol. The average molecular weight is 291 g/mol. The number of anilines is 1. The van der Waals surface area contributed by atoms with Crippen LogP contribution in [0.2, 0.25) is 5.02 Å². The molecule has 0 atom stereocenters. The second-order valence-electron chi connectivity index (χ2n) is 3.63. The predicted octanol–water partition coefficient (Wildman–Crippen LogP) is 2.63. The summed E-state index contributed by atoms with van der Waals surface area (Å²) in [6.45, 7) is 3.44. The van der Waals surface area contributed by atoms with Gasteiger partial charge in [0.25, 0.3) is 0 Å². The third kappa shape index (κ3) is 4.18. The number of carbonyl (C=O) groups is 1.